The van der Waals surface area contributed by atoms with Crippen molar-refractivity contribution in [2.45, 2.75) is 23.8 Å². The van der Waals surface area contributed by atoms with Gasteiger partial charge in [-0.2, -0.15) is 4.39 Å². The lowest BCUT2D eigenvalue weighted by atomic mass is 10.2. The Balaban J connectivity index is 2.16. The average Bonchev–Trinajstić information content (AvgIpc) is 2.82. The zero-order valence-electron chi connectivity index (χ0n) is 9.93. The van der Waals surface area contributed by atoms with Crippen molar-refractivity contribution < 1.29 is 26.7 Å². The fraction of sp³-hybridized carbons (Fsp3) is 0.455. The Morgan fingerprint density at radius 1 is 1.37 bits per heavy atom. The molecule has 0 spiro atoms. The normalized spacial score (nSPS) is 19.6. The summed E-state index contributed by atoms with van der Waals surface area (Å²) in [7, 11) is -4.30. The molecule has 5 nitrogen and oxygen atoms in total. The van der Waals surface area contributed by atoms with Crippen LogP contribution in [-0.2, 0) is 14.8 Å². The first-order valence-corrected chi connectivity index (χ1v) is 7.19. The lowest BCUT2D eigenvalue weighted by molar-refractivity contribution is 0.0662. The maximum absolute atomic E-state index is 13.6. The summed E-state index contributed by atoms with van der Waals surface area (Å²) in [6.07, 6.45) is 1.54. The molecule has 0 aliphatic carbocycles. The van der Waals surface area contributed by atoms with Crippen molar-refractivity contribution in [2.24, 2.45) is 5.14 Å². The molecule has 2 rings (SSSR count). The molecule has 19 heavy (non-hydrogen) atoms. The molecule has 1 heterocycles. The molecule has 0 saturated carbocycles. The number of benzene rings is 1. The van der Waals surface area contributed by atoms with E-state index < -0.39 is 26.6 Å². The van der Waals surface area contributed by atoms with E-state index in [4.69, 9.17) is 14.6 Å². The second-order valence-corrected chi connectivity index (χ2v) is 5.71. The summed E-state index contributed by atoms with van der Waals surface area (Å²) in [4.78, 5) is -0.894. The van der Waals surface area contributed by atoms with Gasteiger partial charge < -0.3 is 9.47 Å². The van der Waals surface area contributed by atoms with E-state index in [0.29, 0.717) is 6.61 Å². The van der Waals surface area contributed by atoms with Crippen LogP contribution in [-0.4, -0.2) is 27.7 Å². The Bertz CT molecular complexity index is 570. The second-order valence-electron chi connectivity index (χ2n) is 4.18. The summed E-state index contributed by atoms with van der Waals surface area (Å²) in [6, 6.07) is 1.91. The highest BCUT2D eigenvalue weighted by Crippen LogP contribution is 2.25. The van der Waals surface area contributed by atoms with Gasteiger partial charge in [-0.1, -0.05) is 0 Å². The summed E-state index contributed by atoms with van der Waals surface area (Å²) >= 11 is 0. The van der Waals surface area contributed by atoms with E-state index in [9.17, 15) is 17.2 Å². The van der Waals surface area contributed by atoms with Crippen LogP contribution >= 0.6 is 0 Å². The molecular weight excluding hydrogens is 280 g/mol. The molecule has 1 aromatic carbocycles. The van der Waals surface area contributed by atoms with Crippen molar-refractivity contribution in [1.29, 1.82) is 0 Å². The largest absolute Gasteiger partial charge is 0.488 e. The summed E-state index contributed by atoms with van der Waals surface area (Å²) in [5.74, 6) is -3.27. The maximum atomic E-state index is 13.6. The number of halogens is 2. The van der Waals surface area contributed by atoms with Gasteiger partial charge in [0.15, 0.2) is 11.6 Å². The highest BCUT2D eigenvalue weighted by atomic mass is 32.2. The zero-order chi connectivity index (χ0) is 14.0. The van der Waals surface area contributed by atoms with Crippen molar-refractivity contribution in [3.8, 4) is 5.75 Å². The predicted molar refractivity (Wildman–Crippen MR) is 62.2 cm³/mol. The van der Waals surface area contributed by atoms with Gasteiger partial charge in [0, 0.05) is 6.61 Å². The predicted octanol–water partition coefficient (Wildman–Crippen LogP) is 1.17. The van der Waals surface area contributed by atoms with Crippen LogP contribution in [0.25, 0.3) is 0 Å². The molecule has 8 heteroatoms. The van der Waals surface area contributed by atoms with E-state index in [0.717, 1.165) is 25.0 Å². The highest BCUT2D eigenvalue weighted by Gasteiger charge is 2.23. The third kappa shape index (κ3) is 3.20. The number of rotatable bonds is 4. The Labute approximate surface area is 109 Å². The molecule has 1 aliphatic rings. The minimum atomic E-state index is -4.30. The Morgan fingerprint density at radius 3 is 2.68 bits per heavy atom. The molecule has 1 unspecified atom stereocenters. The molecule has 106 valence electrons. The lowest BCUT2D eigenvalue weighted by Crippen LogP contribution is -2.18. The van der Waals surface area contributed by atoms with E-state index in [1.54, 1.807) is 0 Å². The smallest absolute Gasteiger partial charge is 0.241 e. The van der Waals surface area contributed by atoms with Crippen molar-refractivity contribution in [2.75, 3.05) is 13.2 Å². The van der Waals surface area contributed by atoms with Gasteiger partial charge in [-0.15, -0.1) is 0 Å². The van der Waals surface area contributed by atoms with Crippen molar-refractivity contribution in [3.05, 3.63) is 23.8 Å². The molecule has 1 aliphatic heterocycles. The van der Waals surface area contributed by atoms with Crippen LogP contribution in [0.1, 0.15) is 12.8 Å². The van der Waals surface area contributed by atoms with Crippen LogP contribution in [0.5, 0.6) is 5.75 Å². The Hall–Kier alpha value is -1.25. The quantitative estimate of drug-likeness (QED) is 0.904. The third-order valence-electron chi connectivity index (χ3n) is 2.77. The number of hydrogen-bond donors (Lipinski definition) is 1. The van der Waals surface area contributed by atoms with E-state index in [2.05, 4.69) is 0 Å². The summed E-state index contributed by atoms with van der Waals surface area (Å²) in [5.41, 5.74) is 0. The first-order chi connectivity index (χ1) is 8.89. The SMILES string of the molecule is NS(=O)(=O)c1ccc(OCC2CCCO2)c(F)c1F. The van der Waals surface area contributed by atoms with Gasteiger partial charge in [-0.05, 0) is 25.0 Å². The van der Waals surface area contributed by atoms with E-state index in [1.807, 2.05) is 0 Å². The van der Waals surface area contributed by atoms with Crippen molar-refractivity contribution >= 4 is 10.0 Å². The van der Waals surface area contributed by atoms with E-state index >= 15 is 0 Å². The molecule has 0 radical (unpaired) electrons. The molecule has 1 fully saturated rings. The van der Waals surface area contributed by atoms with Gasteiger partial charge >= 0.3 is 0 Å². The third-order valence-corrected chi connectivity index (χ3v) is 3.70. The van der Waals surface area contributed by atoms with Gasteiger partial charge in [-0.25, -0.2) is 17.9 Å². The highest BCUT2D eigenvalue weighted by molar-refractivity contribution is 7.89. The molecule has 1 aromatic rings. The fourth-order valence-electron chi connectivity index (χ4n) is 1.80. The number of hydrogen-bond acceptors (Lipinski definition) is 4. The van der Waals surface area contributed by atoms with Crippen LogP contribution in [0.2, 0.25) is 0 Å². The monoisotopic (exact) mass is 293 g/mol. The molecule has 1 saturated heterocycles. The van der Waals surface area contributed by atoms with E-state index in [1.165, 1.54) is 0 Å². The first-order valence-electron chi connectivity index (χ1n) is 5.65. The number of sulfonamides is 1. The molecule has 0 aromatic heterocycles. The van der Waals surface area contributed by atoms with Crippen molar-refractivity contribution in [1.82, 2.24) is 0 Å². The van der Waals surface area contributed by atoms with Crippen LogP contribution in [0.15, 0.2) is 17.0 Å². The average molecular weight is 293 g/mol. The minimum Gasteiger partial charge on any atom is -0.488 e. The topological polar surface area (TPSA) is 78.6 Å². The van der Waals surface area contributed by atoms with Crippen LogP contribution in [0, 0.1) is 11.6 Å². The van der Waals surface area contributed by atoms with Crippen LogP contribution in [0.4, 0.5) is 8.78 Å². The molecule has 0 amide bonds. The van der Waals surface area contributed by atoms with Gasteiger partial charge in [0.25, 0.3) is 0 Å². The van der Waals surface area contributed by atoms with Gasteiger partial charge in [0.1, 0.15) is 11.5 Å². The minimum absolute atomic E-state index is 0.0884. The molecule has 1 atom stereocenters. The van der Waals surface area contributed by atoms with Crippen molar-refractivity contribution in [3.63, 3.8) is 0 Å². The second kappa shape index (κ2) is 5.40. The summed E-state index contributed by atoms with van der Waals surface area (Å²) in [6.45, 7) is 0.709. The number of ether oxygens (including phenoxy) is 2. The van der Waals surface area contributed by atoms with E-state index in [-0.39, 0.29) is 18.5 Å². The van der Waals surface area contributed by atoms with Gasteiger partial charge in [-0.3, -0.25) is 0 Å². The zero-order valence-corrected chi connectivity index (χ0v) is 10.8. The van der Waals surface area contributed by atoms with Crippen LogP contribution in [0.3, 0.4) is 0 Å². The maximum Gasteiger partial charge on any atom is 0.241 e. The fourth-order valence-corrected chi connectivity index (χ4v) is 2.40. The van der Waals surface area contributed by atoms with Crippen LogP contribution < -0.4 is 9.88 Å². The lowest BCUT2D eigenvalue weighted by Gasteiger charge is -2.13. The van der Waals surface area contributed by atoms with Gasteiger partial charge in [0.2, 0.25) is 15.8 Å². The number of nitrogens with two attached hydrogens (primary N) is 1. The first kappa shape index (κ1) is 14.2. The standard InChI is InChI=1S/C11H13F2NO4S/c12-10-8(18-6-7-2-1-5-17-7)3-4-9(11(10)13)19(14,15)16/h3-4,7H,1-2,5-6H2,(H2,14,15,16). The molecule has 2 N–H and O–H groups in total. The Morgan fingerprint density at radius 2 is 2.11 bits per heavy atom. The summed E-state index contributed by atoms with van der Waals surface area (Å²) < 4.78 is 59.5. The van der Waals surface area contributed by atoms with Gasteiger partial charge in [0.05, 0.1) is 6.10 Å². The molecule has 0 bridgehead atoms. The Kier molecular flexibility index (Phi) is 4.02. The number of primary sulfonamides is 1. The summed E-state index contributed by atoms with van der Waals surface area (Å²) in [5, 5.41) is 4.75. The molecular formula is C11H13F2NO4S.